The predicted molar refractivity (Wildman–Crippen MR) is 233 cm³/mol. The predicted octanol–water partition coefficient (Wildman–Crippen LogP) is 10.6. The van der Waals surface area contributed by atoms with Gasteiger partial charge in [0.05, 0.1) is 28.5 Å². The summed E-state index contributed by atoms with van der Waals surface area (Å²) in [5, 5.41) is 0. The summed E-state index contributed by atoms with van der Waals surface area (Å²) in [6, 6.07) is 37.5. The molecule has 0 atom stereocenters. The van der Waals surface area contributed by atoms with Crippen LogP contribution in [0.4, 0.5) is 0 Å². The van der Waals surface area contributed by atoms with E-state index in [-0.39, 0.29) is 0 Å². The van der Waals surface area contributed by atoms with Gasteiger partial charge in [0.2, 0.25) is 0 Å². The van der Waals surface area contributed by atoms with Gasteiger partial charge in [-0.2, -0.15) is 0 Å². The molecule has 3 nitrogen and oxygen atoms in total. The van der Waals surface area contributed by atoms with Crippen LogP contribution < -0.4 is 9.06 Å². The van der Waals surface area contributed by atoms with Gasteiger partial charge in [0.15, 0.2) is 0 Å². The van der Waals surface area contributed by atoms with Crippen molar-refractivity contribution in [3.8, 4) is 0 Å². The number of allylic oxidation sites excluding steroid dienone is 4. The minimum atomic E-state index is 0.950. The molecular weight excluding hydrogens is 687 g/mol. The van der Waals surface area contributed by atoms with Crippen LogP contribution in [0.1, 0.15) is 66.9 Å². The van der Waals surface area contributed by atoms with Gasteiger partial charge in [0.25, 0.3) is 0 Å². The second kappa shape index (κ2) is 13.6. The monoisotopic (exact) mass is 729 g/mol. The van der Waals surface area contributed by atoms with Crippen LogP contribution in [0.15, 0.2) is 155 Å². The fraction of sp³-hybridized carbons (Fsp3) is 0.137. The SMILES string of the molecule is Cc1cc(C)c(C2=c3ccc(s3)=C(c3c(C)cc(C)cc3C)C3=NC(=C(c4ccccc4)c4cc(cn4C)C(c4ccccc4)=C4C=CC2=N4)C=C3)c(C)c1. The van der Waals surface area contributed by atoms with Crippen LogP contribution in [0, 0.1) is 41.5 Å². The Kier molecular flexibility index (Phi) is 8.59. The number of aliphatic imine (C=N–C) groups is 2. The van der Waals surface area contributed by atoms with Crippen molar-refractivity contribution in [2.75, 3.05) is 0 Å². The summed E-state index contributed by atoms with van der Waals surface area (Å²) in [4.78, 5) is 11.1. The molecule has 4 heteroatoms. The average molecular weight is 730 g/mol. The lowest BCUT2D eigenvalue weighted by Crippen LogP contribution is -2.14. The van der Waals surface area contributed by atoms with E-state index in [0.29, 0.717) is 0 Å². The van der Waals surface area contributed by atoms with Crippen molar-refractivity contribution >= 4 is 45.1 Å². The van der Waals surface area contributed by atoms with E-state index in [0.717, 1.165) is 61.9 Å². The van der Waals surface area contributed by atoms with Gasteiger partial charge < -0.3 is 4.57 Å². The molecule has 2 aromatic heterocycles. The first-order chi connectivity index (χ1) is 26.6. The number of aryl methyl sites for hydroxylation is 7. The first-order valence-electron chi connectivity index (χ1n) is 19.0. The van der Waals surface area contributed by atoms with E-state index in [1.165, 1.54) is 59.1 Å². The quantitative estimate of drug-likeness (QED) is 0.173. The number of benzene rings is 4. The summed E-state index contributed by atoms with van der Waals surface area (Å²) in [7, 11) is 2.14. The Morgan fingerprint density at radius 1 is 0.455 bits per heavy atom. The third-order valence-electron chi connectivity index (χ3n) is 10.9. The Morgan fingerprint density at radius 2 is 0.891 bits per heavy atom. The van der Waals surface area contributed by atoms with Crippen molar-refractivity contribution in [3.05, 3.63) is 221 Å². The van der Waals surface area contributed by atoms with Gasteiger partial charge in [-0.3, -0.25) is 0 Å². The lowest BCUT2D eigenvalue weighted by atomic mass is 9.91. The van der Waals surface area contributed by atoms with E-state index in [4.69, 9.17) is 9.98 Å². The highest BCUT2D eigenvalue weighted by molar-refractivity contribution is 7.08. The number of aromatic nitrogens is 1. The van der Waals surface area contributed by atoms with Crippen molar-refractivity contribution in [2.45, 2.75) is 41.5 Å². The van der Waals surface area contributed by atoms with Crippen LogP contribution in [-0.4, -0.2) is 16.0 Å². The maximum Gasteiger partial charge on any atom is 0.0737 e. The molecule has 0 N–H and O–H groups in total. The molecule has 268 valence electrons. The largest absolute Gasteiger partial charge is 0.350 e. The highest BCUT2D eigenvalue weighted by Crippen LogP contribution is 2.38. The Bertz CT molecular complexity index is 2850. The topological polar surface area (TPSA) is 29.6 Å². The van der Waals surface area contributed by atoms with Gasteiger partial charge in [-0.1, -0.05) is 96.1 Å². The number of hydrogen-bond acceptors (Lipinski definition) is 3. The zero-order chi connectivity index (χ0) is 38.0. The maximum absolute atomic E-state index is 5.57. The van der Waals surface area contributed by atoms with Gasteiger partial charge in [-0.15, -0.1) is 11.3 Å². The molecule has 0 unspecified atom stereocenters. The Labute approximate surface area is 327 Å². The zero-order valence-corrected chi connectivity index (χ0v) is 33.3. The Hall–Kier alpha value is -6.10. The van der Waals surface area contributed by atoms with E-state index >= 15 is 0 Å². The second-order valence-corrected chi connectivity index (χ2v) is 16.2. The van der Waals surface area contributed by atoms with Crippen LogP contribution >= 0.6 is 11.3 Å². The van der Waals surface area contributed by atoms with E-state index in [1.54, 1.807) is 0 Å². The fourth-order valence-corrected chi connectivity index (χ4v) is 9.97. The van der Waals surface area contributed by atoms with Crippen LogP contribution in [0.3, 0.4) is 0 Å². The zero-order valence-electron chi connectivity index (χ0n) is 32.5. The molecule has 0 spiro atoms. The molecular formula is C51H43N3S. The van der Waals surface area contributed by atoms with Gasteiger partial charge in [0, 0.05) is 50.2 Å². The number of thiophene rings is 1. The minimum absolute atomic E-state index is 0.950. The van der Waals surface area contributed by atoms with E-state index in [2.05, 4.69) is 187 Å². The molecule has 0 aliphatic carbocycles. The van der Waals surface area contributed by atoms with Gasteiger partial charge in [-0.05, 0) is 129 Å². The third-order valence-corrected chi connectivity index (χ3v) is 12.1. The van der Waals surface area contributed by atoms with Crippen molar-refractivity contribution in [1.29, 1.82) is 0 Å². The van der Waals surface area contributed by atoms with E-state index in [1.807, 2.05) is 11.3 Å². The van der Waals surface area contributed by atoms with Crippen molar-refractivity contribution in [1.82, 2.24) is 4.57 Å². The summed E-state index contributed by atoms with van der Waals surface area (Å²) in [6.07, 6.45) is 11.1. The molecule has 0 amide bonds. The van der Waals surface area contributed by atoms with Gasteiger partial charge >= 0.3 is 0 Å². The highest BCUT2D eigenvalue weighted by atomic mass is 32.1. The molecule has 9 rings (SSSR count). The van der Waals surface area contributed by atoms with Crippen LogP contribution in [0.2, 0.25) is 0 Å². The fourth-order valence-electron chi connectivity index (χ4n) is 8.84. The smallest absolute Gasteiger partial charge is 0.0737 e. The number of hydrogen-bond donors (Lipinski definition) is 0. The molecule has 6 aromatic rings. The molecule has 55 heavy (non-hydrogen) atoms. The first kappa shape index (κ1) is 34.7. The highest BCUT2D eigenvalue weighted by Gasteiger charge is 2.26. The molecule has 0 saturated carbocycles. The summed E-state index contributed by atoms with van der Waals surface area (Å²) < 4.78 is 4.62. The molecule has 0 radical (unpaired) electrons. The van der Waals surface area contributed by atoms with Crippen molar-refractivity contribution < 1.29 is 0 Å². The van der Waals surface area contributed by atoms with E-state index < -0.39 is 0 Å². The summed E-state index contributed by atoms with van der Waals surface area (Å²) in [6.45, 7) is 13.3. The molecule has 4 aromatic carbocycles. The average Bonchev–Trinajstić information content (AvgIpc) is 3.98. The van der Waals surface area contributed by atoms with Crippen LogP contribution in [0.5, 0.6) is 0 Å². The molecule has 3 aliphatic rings. The number of rotatable bonds is 4. The van der Waals surface area contributed by atoms with Crippen molar-refractivity contribution in [3.63, 3.8) is 0 Å². The Balaban J connectivity index is 1.47. The van der Waals surface area contributed by atoms with E-state index in [9.17, 15) is 0 Å². The molecule has 8 bridgehead atoms. The molecule has 0 saturated heterocycles. The maximum atomic E-state index is 5.57. The van der Waals surface area contributed by atoms with Gasteiger partial charge in [-0.25, -0.2) is 9.98 Å². The summed E-state index contributed by atoms with van der Waals surface area (Å²) >= 11 is 1.83. The molecule has 0 fully saturated rings. The van der Waals surface area contributed by atoms with Crippen LogP contribution in [0.25, 0.3) is 22.3 Å². The van der Waals surface area contributed by atoms with Crippen molar-refractivity contribution in [2.24, 2.45) is 17.0 Å². The normalized spacial score (nSPS) is 15.0. The molecule has 3 aliphatic heterocycles. The van der Waals surface area contributed by atoms with Crippen LogP contribution in [-0.2, 0) is 7.05 Å². The summed E-state index contributed by atoms with van der Waals surface area (Å²) in [5.74, 6) is 0. The number of nitrogens with zero attached hydrogens (tertiary/aromatic N) is 3. The molecule has 5 heterocycles. The standard InChI is InChI=1S/C51H43N3S/c1-30-24-32(3)46(33(4)25-30)50-41-20-18-39(52-41)48(36-14-10-8-11-15-36)38-28-43(54(7)29-38)49(37-16-12-9-13-17-37)40-19-21-42(53-40)51(45-23-22-44(50)55-45)47-34(5)26-31(2)27-35(47)6/h8-29H,1-7H3. The number of fused-ring (bicyclic) bond motifs is 6. The summed E-state index contributed by atoms with van der Waals surface area (Å²) in [5.41, 5.74) is 22.9. The lowest BCUT2D eigenvalue weighted by Gasteiger charge is -2.15. The first-order valence-corrected chi connectivity index (χ1v) is 19.8. The minimum Gasteiger partial charge on any atom is -0.350 e. The third kappa shape index (κ3) is 6.07. The van der Waals surface area contributed by atoms with Gasteiger partial charge in [0.1, 0.15) is 0 Å². The lowest BCUT2D eigenvalue weighted by molar-refractivity contribution is 0.907. The Morgan fingerprint density at radius 3 is 1.36 bits per heavy atom. The second-order valence-electron chi connectivity index (χ2n) is 15.1.